The monoisotopic (exact) mass is 471 g/mol. The third-order valence-electron chi connectivity index (χ3n) is 3.95. The fourth-order valence-electron chi connectivity index (χ4n) is 2.39. The van der Waals surface area contributed by atoms with Crippen molar-refractivity contribution >= 4 is 48.7 Å². The highest BCUT2D eigenvalue weighted by atomic mass is 35.5. The maximum absolute atomic E-state index is 12.6. The highest BCUT2D eigenvalue weighted by molar-refractivity contribution is 7.92. The van der Waals surface area contributed by atoms with Gasteiger partial charge in [0.25, 0.3) is 10.0 Å². The molecule has 0 amide bonds. The molecule has 0 aliphatic carbocycles. The Labute approximate surface area is 178 Å². The lowest BCUT2D eigenvalue weighted by atomic mass is 10.1. The molecule has 7 nitrogen and oxygen atoms in total. The van der Waals surface area contributed by atoms with Crippen molar-refractivity contribution in [3.63, 3.8) is 0 Å². The molecule has 1 heterocycles. The number of benzene rings is 2. The van der Waals surface area contributed by atoms with Crippen molar-refractivity contribution in [3.05, 3.63) is 64.6 Å². The van der Waals surface area contributed by atoms with Crippen LogP contribution in [0, 0.1) is 0 Å². The minimum Gasteiger partial charge on any atom is -0.280 e. The normalized spacial score (nSPS) is 12.0. The maximum Gasteiger partial charge on any atom is 0.261 e. The first-order chi connectivity index (χ1) is 13.6. The average Bonchev–Trinajstić information content (AvgIpc) is 2.70. The molecule has 0 unspecified atom stereocenters. The molecule has 0 atom stereocenters. The summed E-state index contributed by atoms with van der Waals surface area (Å²) in [6, 6.07) is 13.4. The van der Waals surface area contributed by atoms with Crippen LogP contribution in [0.25, 0.3) is 11.3 Å². The van der Waals surface area contributed by atoms with E-state index in [2.05, 4.69) is 14.9 Å². The van der Waals surface area contributed by atoms with Gasteiger partial charge in [0.15, 0.2) is 14.9 Å². The molecule has 0 aliphatic heterocycles. The highest BCUT2D eigenvalue weighted by Gasteiger charge is 2.17. The summed E-state index contributed by atoms with van der Waals surface area (Å²) >= 11 is 11.7. The number of hydrogen-bond donors (Lipinski definition) is 1. The van der Waals surface area contributed by atoms with Crippen LogP contribution in [-0.4, -0.2) is 32.8 Å². The van der Waals surface area contributed by atoms with E-state index in [4.69, 9.17) is 23.2 Å². The number of nitrogens with zero attached hydrogens (tertiary/aromatic N) is 2. The van der Waals surface area contributed by atoms with Gasteiger partial charge in [0.05, 0.1) is 26.4 Å². The summed E-state index contributed by atoms with van der Waals surface area (Å²) in [5.41, 5.74) is 1.25. The van der Waals surface area contributed by atoms with Crippen LogP contribution in [0.15, 0.2) is 64.5 Å². The van der Waals surface area contributed by atoms with E-state index in [0.29, 0.717) is 16.9 Å². The van der Waals surface area contributed by atoms with Gasteiger partial charge in [-0.2, -0.15) is 0 Å². The Balaban J connectivity index is 1.89. The van der Waals surface area contributed by atoms with E-state index in [1.807, 2.05) is 0 Å². The Bertz CT molecular complexity index is 1260. The van der Waals surface area contributed by atoms with E-state index >= 15 is 0 Å². The van der Waals surface area contributed by atoms with E-state index in [1.165, 1.54) is 37.3 Å². The number of halogens is 2. The van der Waals surface area contributed by atoms with Crippen molar-refractivity contribution in [1.29, 1.82) is 0 Å². The van der Waals surface area contributed by atoms with Gasteiger partial charge in [-0.25, -0.2) is 16.8 Å². The Morgan fingerprint density at radius 2 is 1.66 bits per heavy atom. The van der Waals surface area contributed by atoms with Gasteiger partial charge in [0.2, 0.25) is 0 Å². The summed E-state index contributed by atoms with van der Waals surface area (Å²) in [6.45, 7) is 1.52. The molecule has 1 N–H and O–H groups in total. The molecule has 11 heteroatoms. The number of anilines is 1. The molecule has 0 radical (unpaired) electrons. The zero-order chi connectivity index (χ0) is 21.2. The number of aromatic nitrogens is 2. The van der Waals surface area contributed by atoms with Crippen LogP contribution < -0.4 is 4.72 Å². The number of nitrogens with one attached hydrogen (secondary N) is 1. The maximum atomic E-state index is 12.6. The second-order valence-corrected chi connectivity index (χ2v) is 10.6. The zero-order valence-corrected chi connectivity index (χ0v) is 18.1. The minimum atomic E-state index is -3.89. The van der Waals surface area contributed by atoms with Crippen molar-refractivity contribution in [2.45, 2.75) is 16.8 Å². The van der Waals surface area contributed by atoms with Gasteiger partial charge in [0.1, 0.15) is 0 Å². The Morgan fingerprint density at radius 3 is 2.28 bits per heavy atom. The molecule has 0 saturated carbocycles. The largest absolute Gasteiger partial charge is 0.280 e. The molecular weight excluding hydrogens is 457 g/mol. The molecule has 0 spiro atoms. The molecule has 29 heavy (non-hydrogen) atoms. The summed E-state index contributed by atoms with van der Waals surface area (Å²) in [5.74, 6) is -0.0764. The van der Waals surface area contributed by atoms with Crippen molar-refractivity contribution in [1.82, 2.24) is 10.2 Å². The second-order valence-electron chi connectivity index (χ2n) is 5.92. The summed E-state index contributed by atoms with van der Waals surface area (Å²) in [7, 11) is -7.34. The first-order valence-electron chi connectivity index (χ1n) is 8.27. The number of hydrogen-bond acceptors (Lipinski definition) is 6. The topological polar surface area (TPSA) is 106 Å². The molecule has 2 aromatic carbocycles. The van der Waals surface area contributed by atoms with E-state index < -0.39 is 19.9 Å². The highest BCUT2D eigenvalue weighted by Crippen LogP contribution is 2.27. The van der Waals surface area contributed by atoms with E-state index in [9.17, 15) is 16.8 Å². The summed E-state index contributed by atoms with van der Waals surface area (Å²) in [4.78, 5) is -0.0359. The van der Waals surface area contributed by atoms with Crippen LogP contribution in [0.2, 0.25) is 10.0 Å². The van der Waals surface area contributed by atoms with Crippen LogP contribution in [0.4, 0.5) is 5.69 Å². The molecule has 0 fully saturated rings. The minimum absolute atomic E-state index is 0.0359. The smallest absolute Gasteiger partial charge is 0.261 e. The van der Waals surface area contributed by atoms with Gasteiger partial charge in [-0.05, 0) is 42.5 Å². The first kappa shape index (κ1) is 21.5. The summed E-state index contributed by atoms with van der Waals surface area (Å²) in [6.07, 6.45) is 0. The van der Waals surface area contributed by atoms with E-state index in [0.717, 1.165) is 0 Å². The molecule has 0 saturated heterocycles. The van der Waals surface area contributed by atoms with Gasteiger partial charge < -0.3 is 0 Å². The van der Waals surface area contributed by atoms with Crippen molar-refractivity contribution < 1.29 is 16.8 Å². The molecule has 152 valence electrons. The molecule has 3 rings (SSSR count). The van der Waals surface area contributed by atoms with Crippen LogP contribution in [0.1, 0.15) is 6.92 Å². The van der Waals surface area contributed by atoms with Crippen molar-refractivity contribution in [2.75, 3.05) is 10.5 Å². The van der Waals surface area contributed by atoms with Crippen LogP contribution in [0.3, 0.4) is 0 Å². The molecule has 0 aliphatic rings. The number of sulfonamides is 1. The molecule has 3 aromatic rings. The molecule has 1 aromatic heterocycles. The lowest BCUT2D eigenvalue weighted by molar-refractivity contribution is 0.591. The van der Waals surface area contributed by atoms with Gasteiger partial charge in [0, 0.05) is 11.3 Å². The quantitative estimate of drug-likeness (QED) is 0.581. The van der Waals surface area contributed by atoms with Crippen LogP contribution in [-0.2, 0) is 19.9 Å². The standard InChI is InChI=1S/C18H15Cl2N3O4S2/c1-2-28(24,25)18-9-8-17(21-22-18)12-4-3-5-13(10-12)23-29(26,27)14-6-7-15(19)16(20)11-14/h3-11,23H,2H2,1H3. The Morgan fingerprint density at radius 1 is 0.897 bits per heavy atom. The zero-order valence-electron chi connectivity index (χ0n) is 15.0. The third-order valence-corrected chi connectivity index (χ3v) is 7.68. The van der Waals surface area contributed by atoms with Gasteiger partial charge in [-0.3, -0.25) is 4.72 Å². The summed E-state index contributed by atoms with van der Waals surface area (Å²) < 4.78 is 51.3. The van der Waals surface area contributed by atoms with Crippen molar-refractivity contribution in [3.8, 4) is 11.3 Å². The van der Waals surface area contributed by atoms with Gasteiger partial charge in [-0.1, -0.05) is 42.3 Å². The number of sulfone groups is 1. The van der Waals surface area contributed by atoms with Crippen molar-refractivity contribution in [2.24, 2.45) is 0 Å². The molecular formula is C18H15Cl2N3O4S2. The van der Waals surface area contributed by atoms with Gasteiger partial charge in [-0.15, -0.1) is 10.2 Å². The average molecular weight is 472 g/mol. The SMILES string of the molecule is CCS(=O)(=O)c1ccc(-c2cccc(NS(=O)(=O)c3ccc(Cl)c(Cl)c3)c2)nn1. The van der Waals surface area contributed by atoms with Crippen LogP contribution in [0.5, 0.6) is 0 Å². The predicted octanol–water partition coefficient (Wildman–Crippen LogP) is 4.04. The van der Waals surface area contributed by atoms with Gasteiger partial charge >= 0.3 is 0 Å². The second kappa shape index (κ2) is 8.27. The molecule has 0 bridgehead atoms. The fraction of sp³-hybridized carbons (Fsp3) is 0.111. The lowest BCUT2D eigenvalue weighted by Crippen LogP contribution is -2.13. The Hall–Kier alpha value is -2.20. The van der Waals surface area contributed by atoms with E-state index in [1.54, 1.807) is 24.3 Å². The Kier molecular flexibility index (Phi) is 6.13. The summed E-state index contributed by atoms with van der Waals surface area (Å²) in [5, 5.41) is 7.97. The van der Waals surface area contributed by atoms with Crippen LogP contribution >= 0.6 is 23.2 Å². The third kappa shape index (κ3) is 4.87. The van der Waals surface area contributed by atoms with E-state index in [-0.39, 0.29) is 25.7 Å². The lowest BCUT2D eigenvalue weighted by Gasteiger charge is -2.10. The predicted molar refractivity (Wildman–Crippen MR) is 112 cm³/mol. The number of rotatable bonds is 6. The first-order valence-corrected chi connectivity index (χ1v) is 12.2. The fourth-order valence-corrected chi connectivity index (χ4v) is 4.56.